The molecule has 2 heterocycles. The zero-order valence-electron chi connectivity index (χ0n) is 7.50. The summed E-state index contributed by atoms with van der Waals surface area (Å²) >= 11 is 0. The minimum atomic E-state index is 0.316. The molecular weight excluding hydrogens is 152 g/mol. The molecule has 0 unspecified atom stereocenters. The lowest BCUT2D eigenvalue weighted by molar-refractivity contribution is 0.152. The van der Waals surface area contributed by atoms with Crippen LogP contribution in [0.2, 0.25) is 0 Å². The van der Waals surface area contributed by atoms with Crippen molar-refractivity contribution in [3.63, 3.8) is 0 Å². The predicted octanol–water partition coefficient (Wildman–Crippen LogP) is -0.195. The normalized spacial score (nSPS) is 36.8. The van der Waals surface area contributed by atoms with Gasteiger partial charge in [-0.15, -0.1) is 0 Å². The molecule has 0 bridgehead atoms. The average Bonchev–Trinajstić information content (AvgIpc) is 2.51. The zero-order chi connectivity index (χ0) is 8.39. The van der Waals surface area contributed by atoms with Gasteiger partial charge < -0.3 is 10.4 Å². The SMILES string of the molecule is OCC[C@@H]1CN2CCC[C@@H]2CN1. The smallest absolute Gasteiger partial charge is 0.0446 e. The number of aliphatic hydroxyl groups is 1. The molecule has 2 fully saturated rings. The summed E-state index contributed by atoms with van der Waals surface area (Å²) in [6, 6.07) is 1.32. The number of piperazine rings is 1. The second-order valence-corrected chi connectivity index (χ2v) is 3.91. The van der Waals surface area contributed by atoms with E-state index in [1.54, 1.807) is 0 Å². The summed E-state index contributed by atoms with van der Waals surface area (Å²) in [5.41, 5.74) is 0. The minimum absolute atomic E-state index is 0.316. The maximum Gasteiger partial charge on any atom is 0.0446 e. The molecule has 0 saturated carbocycles. The molecule has 2 N–H and O–H groups in total. The van der Waals surface area contributed by atoms with E-state index in [1.807, 2.05) is 0 Å². The Kier molecular flexibility index (Phi) is 2.63. The van der Waals surface area contributed by atoms with Crippen LogP contribution in [0.15, 0.2) is 0 Å². The molecule has 0 amide bonds. The fourth-order valence-electron chi connectivity index (χ4n) is 2.37. The molecule has 2 aliphatic heterocycles. The van der Waals surface area contributed by atoms with Crippen LogP contribution in [0, 0.1) is 0 Å². The van der Waals surface area contributed by atoms with Crippen molar-refractivity contribution >= 4 is 0 Å². The van der Waals surface area contributed by atoms with E-state index in [4.69, 9.17) is 5.11 Å². The molecule has 0 spiro atoms. The molecule has 2 atom stereocenters. The monoisotopic (exact) mass is 170 g/mol. The van der Waals surface area contributed by atoms with Crippen LogP contribution in [0.5, 0.6) is 0 Å². The molecule has 0 aliphatic carbocycles. The Hall–Kier alpha value is -0.120. The Bertz CT molecular complexity index is 151. The second kappa shape index (κ2) is 3.73. The van der Waals surface area contributed by atoms with Crippen molar-refractivity contribution in [1.29, 1.82) is 0 Å². The van der Waals surface area contributed by atoms with Crippen molar-refractivity contribution in [1.82, 2.24) is 10.2 Å². The van der Waals surface area contributed by atoms with Gasteiger partial charge in [0, 0.05) is 31.8 Å². The van der Waals surface area contributed by atoms with E-state index in [2.05, 4.69) is 10.2 Å². The van der Waals surface area contributed by atoms with E-state index in [0.29, 0.717) is 12.6 Å². The Labute approximate surface area is 73.8 Å². The Balaban J connectivity index is 1.84. The maximum absolute atomic E-state index is 8.80. The third-order valence-electron chi connectivity index (χ3n) is 3.07. The molecule has 70 valence electrons. The van der Waals surface area contributed by atoms with E-state index in [-0.39, 0.29) is 0 Å². The van der Waals surface area contributed by atoms with Crippen molar-refractivity contribution in [2.24, 2.45) is 0 Å². The van der Waals surface area contributed by atoms with Crippen molar-refractivity contribution in [2.45, 2.75) is 31.3 Å². The van der Waals surface area contributed by atoms with Crippen LogP contribution in [-0.2, 0) is 0 Å². The van der Waals surface area contributed by atoms with E-state index in [9.17, 15) is 0 Å². The van der Waals surface area contributed by atoms with Gasteiger partial charge in [0.05, 0.1) is 0 Å². The Morgan fingerprint density at radius 1 is 1.50 bits per heavy atom. The van der Waals surface area contributed by atoms with Gasteiger partial charge in [0.25, 0.3) is 0 Å². The van der Waals surface area contributed by atoms with Gasteiger partial charge in [-0.2, -0.15) is 0 Å². The largest absolute Gasteiger partial charge is 0.396 e. The summed E-state index contributed by atoms with van der Waals surface area (Å²) in [4.78, 5) is 2.57. The van der Waals surface area contributed by atoms with Gasteiger partial charge in [-0.25, -0.2) is 0 Å². The third kappa shape index (κ3) is 1.63. The number of aliphatic hydroxyl groups excluding tert-OH is 1. The molecule has 12 heavy (non-hydrogen) atoms. The van der Waals surface area contributed by atoms with E-state index < -0.39 is 0 Å². The van der Waals surface area contributed by atoms with Crippen molar-refractivity contribution < 1.29 is 5.11 Å². The van der Waals surface area contributed by atoms with Crippen LogP contribution < -0.4 is 5.32 Å². The fourth-order valence-corrected chi connectivity index (χ4v) is 2.37. The number of fused-ring (bicyclic) bond motifs is 1. The predicted molar refractivity (Wildman–Crippen MR) is 48.1 cm³/mol. The summed E-state index contributed by atoms with van der Waals surface area (Å²) in [5, 5.41) is 12.3. The van der Waals surface area contributed by atoms with Crippen LogP contribution in [0.4, 0.5) is 0 Å². The summed E-state index contributed by atoms with van der Waals surface area (Å²) in [5.74, 6) is 0. The summed E-state index contributed by atoms with van der Waals surface area (Å²) in [7, 11) is 0. The van der Waals surface area contributed by atoms with E-state index in [1.165, 1.54) is 19.4 Å². The molecule has 2 saturated heterocycles. The first-order valence-corrected chi connectivity index (χ1v) is 4.98. The molecule has 3 heteroatoms. The molecule has 0 radical (unpaired) electrons. The Morgan fingerprint density at radius 3 is 3.25 bits per heavy atom. The fraction of sp³-hybridized carbons (Fsp3) is 1.00. The van der Waals surface area contributed by atoms with Crippen molar-refractivity contribution in [2.75, 3.05) is 26.2 Å². The van der Waals surface area contributed by atoms with E-state index in [0.717, 1.165) is 25.6 Å². The highest BCUT2D eigenvalue weighted by Crippen LogP contribution is 2.20. The first kappa shape index (κ1) is 8.48. The van der Waals surface area contributed by atoms with Crippen molar-refractivity contribution in [3.05, 3.63) is 0 Å². The molecule has 0 aromatic heterocycles. The van der Waals surface area contributed by atoms with Crippen LogP contribution >= 0.6 is 0 Å². The van der Waals surface area contributed by atoms with Crippen LogP contribution in [0.1, 0.15) is 19.3 Å². The van der Waals surface area contributed by atoms with Crippen LogP contribution in [0.25, 0.3) is 0 Å². The summed E-state index contributed by atoms with van der Waals surface area (Å²) in [6.07, 6.45) is 3.63. The van der Waals surface area contributed by atoms with Gasteiger partial charge in [0.1, 0.15) is 0 Å². The number of rotatable bonds is 2. The lowest BCUT2D eigenvalue weighted by atomic mass is 10.1. The molecular formula is C9H18N2O. The molecule has 2 aliphatic rings. The lowest BCUT2D eigenvalue weighted by Crippen LogP contribution is -2.53. The maximum atomic E-state index is 8.80. The van der Waals surface area contributed by atoms with Gasteiger partial charge in [-0.1, -0.05) is 0 Å². The second-order valence-electron chi connectivity index (χ2n) is 3.91. The molecule has 0 aromatic carbocycles. The minimum Gasteiger partial charge on any atom is -0.396 e. The van der Waals surface area contributed by atoms with Gasteiger partial charge in [0.2, 0.25) is 0 Å². The zero-order valence-corrected chi connectivity index (χ0v) is 7.50. The van der Waals surface area contributed by atoms with Gasteiger partial charge in [0.15, 0.2) is 0 Å². The van der Waals surface area contributed by atoms with Crippen molar-refractivity contribution in [3.8, 4) is 0 Å². The molecule has 2 rings (SSSR count). The topological polar surface area (TPSA) is 35.5 Å². The van der Waals surface area contributed by atoms with Crippen LogP contribution in [-0.4, -0.2) is 48.3 Å². The van der Waals surface area contributed by atoms with Crippen LogP contribution in [0.3, 0.4) is 0 Å². The highest BCUT2D eigenvalue weighted by Gasteiger charge is 2.30. The van der Waals surface area contributed by atoms with E-state index >= 15 is 0 Å². The number of nitrogens with zero attached hydrogens (tertiary/aromatic N) is 1. The average molecular weight is 170 g/mol. The molecule has 3 nitrogen and oxygen atoms in total. The first-order valence-electron chi connectivity index (χ1n) is 4.98. The summed E-state index contributed by atoms with van der Waals surface area (Å²) in [6.45, 7) is 3.86. The summed E-state index contributed by atoms with van der Waals surface area (Å²) < 4.78 is 0. The molecule has 0 aromatic rings. The van der Waals surface area contributed by atoms with Gasteiger partial charge in [-0.3, -0.25) is 4.90 Å². The standard InChI is InChI=1S/C9H18N2O/c12-5-3-8-7-11-4-1-2-9(11)6-10-8/h8-10,12H,1-7H2/t8-,9-/m1/s1. The number of hydrogen-bond acceptors (Lipinski definition) is 3. The number of nitrogens with one attached hydrogen (secondary N) is 1. The highest BCUT2D eigenvalue weighted by molar-refractivity contribution is 4.89. The first-order chi connectivity index (χ1) is 5.90. The van der Waals surface area contributed by atoms with Gasteiger partial charge >= 0.3 is 0 Å². The lowest BCUT2D eigenvalue weighted by Gasteiger charge is -2.35. The third-order valence-corrected chi connectivity index (χ3v) is 3.07. The quantitative estimate of drug-likeness (QED) is 0.603. The highest BCUT2D eigenvalue weighted by atomic mass is 16.3. The Morgan fingerprint density at radius 2 is 2.42 bits per heavy atom. The number of hydrogen-bond donors (Lipinski definition) is 2. The van der Waals surface area contributed by atoms with Gasteiger partial charge in [-0.05, 0) is 25.8 Å².